The van der Waals surface area contributed by atoms with Crippen molar-refractivity contribution in [2.75, 3.05) is 16.8 Å². The summed E-state index contributed by atoms with van der Waals surface area (Å²) in [6.45, 7) is 6.86. The number of hydrogen-bond donors (Lipinski definition) is 0. The Morgan fingerprint density at radius 1 is 1.18 bits per heavy atom. The molecule has 2 aliphatic rings. The van der Waals surface area contributed by atoms with Crippen LogP contribution < -0.4 is 9.80 Å². The molecule has 1 saturated heterocycles. The molecule has 1 amide bonds. The van der Waals surface area contributed by atoms with Crippen LogP contribution in [0.1, 0.15) is 44.2 Å². The Kier molecular flexibility index (Phi) is 4.84. The maximum absolute atomic E-state index is 13.0. The Morgan fingerprint density at radius 2 is 1.89 bits per heavy atom. The Balaban J connectivity index is 1.67. The number of benzene rings is 2. The first-order chi connectivity index (χ1) is 13.3. The lowest BCUT2D eigenvalue weighted by molar-refractivity contribution is -0.113. The molecule has 5 heteroatoms. The summed E-state index contributed by atoms with van der Waals surface area (Å²) in [5, 5.41) is 0. The summed E-state index contributed by atoms with van der Waals surface area (Å²) in [5.41, 5.74) is 4.63. The molecule has 1 fully saturated rings. The molecule has 4 rings (SSSR count). The van der Waals surface area contributed by atoms with E-state index >= 15 is 0 Å². The van der Waals surface area contributed by atoms with E-state index in [1.165, 1.54) is 23.0 Å². The van der Waals surface area contributed by atoms with Gasteiger partial charge in [0.15, 0.2) is 4.32 Å². The Labute approximate surface area is 176 Å². The molecule has 0 unspecified atom stereocenters. The number of thioether (sulfide) groups is 1. The number of carbonyl (C=O) groups excluding carboxylic acids is 1. The topological polar surface area (TPSA) is 23.6 Å². The molecule has 2 heterocycles. The van der Waals surface area contributed by atoms with Crippen molar-refractivity contribution in [3.63, 3.8) is 0 Å². The third kappa shape index (κ3) is 3.27. The number of nitrogens with zero attached hydrogens (tertiary/aromatic N) is 2. The van der Waals surface area contributed by atoms with Crippen molar-refractivity contribution in [1.29, 1.82) is 0 Å². The zero-order valence-electron chi connectivity index (χ0n) is 16.6. The molecule has 144 valence electrons. The standard InChI is InChI=1S/C23H24N2OS2/c1-15-14-23(2,3)24(4)19-11-10-16(12-18(15)19)13-20-21(26)25(22(27)28-20)17-8-6-5-7-9-17/h5-13,15H,14H2,1-4H3/b20-13-/t15-/m0/s1. The minimum atomic E-state index is -0.0507. The summed E-state index contributed by atoms with van der Waals surface area (Å²) in [6.07, 6.45) is 3.07. The monoisotopic (exact) mass is 408 g/mol. The summed E-state index contributed by atoms with van der Waals surface area (Å²) >= 11 is 6.84. The van der Waals surface area contributed by atoms with Gasteiger partial charge in [-0.25, -0.2) is 0 Å². The summed E-state index contributed by atoms with van der Waals surface area (Å²) in [6, 6.07) is 16.1. The molecule has 1 atom stereocenters. The molecule has 0 bridgehead atoms. The van der Waals surface area contributed by atoms with E-state index in [0.717, 1.165) is 17.7 Å². The number of thiocarbonyl (C=S) groups is 1. The molecule has 2 aliphatic heterocycles. The summed E-state index contributed by atoms with van der Waals surface area (Å²) in [7, 11) is 2.16. The lowest BCUT2D eigenvalue weighted by atomic mass is 9.80. The zero-order valence-corrected chi connectivity index (χ0v) is 18.2. The minimum absolute atomic E-state index is 0.0507. The molecule has 3 nitrogen and oxygen atoms in total. The fraction of sp³-hybridized carbons (Fsp3) is 0.304. The summed E-state index contributed by atoms with van der Waals surface area (Å²) in [5.74, 6) is 0.429. The predicted molar refractivity (Wildman–Crippen MR) is 124 cm³/mol. The largest absolute Gasteiger partial charge is 0.369 e. The van der Waals surface area contributed by atoms with Crippen LogP contribution in [0.25, 0.3) is 6.08 Å². The van der Waals surface area contributed by atoms with Crippen LogP contribution in [-0.2, 0) is 4.79 Å². The van der Waals surface area contributed by atoms with Crippen LogP contribution in [0.15, 0.2) is 53.4 Å². The summed E-state index contributed by atoms with van der Waals surface area (Å²) < 4.78 is 0.579. The first-order valence-electron chi connectivity index (χ1n) is 9.49. The van der Waals surface area contributed by atoms with Gasteiger partial charge in [0, 0.05) is 18.3 Å². The summed E-state index contributed by atoms with van der Waals surface area (Å²) in [4.78, 5) is 17.6. The van der Waals surface area contributed by atoms with E-state index in [1.54, 1.807) is 4.90 Å². The van der Waals surface area contributed by atoms with E-state index < -0.39 is 0 Å². The van der Waals surface area contributed by atoms with E-state index in [-0.39, 0.29) is 11.4 Å². The smallest absolute Gasteiger partial charge is 0.270 e. The highest BCUT2D eigenvalue weighted by atomic mass is 32.2. The predicted octanol–water partition coefficient (Wildman–Crippen LogP) is 5.81. The van der Waals surface area contributed by atoms with Crippen LogP contribution in [0, 0.1) is 0 Å². The van der Waals surface area contributed by atoms with Gasteiger partial charge in [0.1, 0.15) is 0 Å². The van der Waals surface area contributed by atoms with E-state index in [4.69, 9.17) is 12.2 Å². The third-order valence-electron chi connectivity index (χ3n) is 5.76. The van der Waals surface area contributed by atoms with Gasteiger partial charge in [0.25, 0.3) is 5.91 Å². The molecule has 0 aromatic heterocycles. The SMILES string of the molecule is C[C@H]1CC(C)(C)N(C)c2ccc(/C=C3\SC(=S)N(c4ccccc4)C3=O)cc21. The maximum atomic E-state index is 13.0. The van der Waals surface area contributed by atoms with Crippen molar-refractivity contribution in [3.05, 3.63) is 64.6 Å². The molecule has 0 saturated carbocycles. The quantitative estimate of drug-likeness (QED) is 0.462. The number of anilines is 2. The van der Waals surface area contributed by atoms with Crippen LogP contribution in [0.5, 0.6) is 0 Å². The Hall–Kier alpha value is -2.11. The third-order valence-corrected chi connectivity index (χ3v) is 7.07. The fourth-order valence-electron chi connectivity index (χ4n) is 4.10. The van der Waals surface area contributed by atoms with Crippen LogP contribution in [0.4, 0.5) is 11.4 Å². The van der Waals surface area contributed by atoms with Gasteiger partial charge in [-0.05, 0) is 67.7 Å². The first kappa shape index (κ1) is 19.2. The maximum Gasteiger partial charge on any atom is 0.270 e. The normalized spacial score (nSPS) is 22.7. The average molecular weight is 409 g/mol. The van der Waals surface area contributed by atoms with Gasteiger partial charge < -0.3 is 4.90 Å². The van der Waals surface area contributed by atoms with Gasteiger partial charge in [-0.3, -0.25) is 9.69 Å². The highest BCUT2D eigenvalue weighted by molar-refractivity contribution is 8.27. The lowest BCUT2D eigenvalue weighted by Crippen LogP contribution is -2.45. The number of carbonyl (C=O) groups is 1. The van der Waals surface area contributed by atoms with Gasteiger partial charge in [0.2, 0.25) is 0 Å². The van der Waals surface area contributed by atoms with Crippen LogP contribution in [0.2, 0.25) is 0 Å². The second kappa shape index (κ2) is 7.05. The second-order valence-corrected chi connectivity index (χ2v) is 9.82. The highest BCUT2D eigenvalue weighted by Crippen LogP contribution is 2.43. The lowest BCUT2D eigenvalue weighted by Gasteiger charge is -2.45. The first-order valence-corrected chi connectivity index (χ1v) is 10.7. The average Bonchev–Trinajstić information content (AvgIpc) is 2.93. The van der Waals surface area contributed by atoms with Crippen LogP contribution in [0.3, 0.4) is 0 Å². The number of rotatable bonds is 2. The van der Waals surface area contributed by atoms with Gasteiger partial charge in [0.05, 0.1) is 10.6 Å². The van der Waals surface area contributed by atoms with E-state index in [9.17, 15) is 4.79 Å². The molecule has 0 N–H and O–H groups in total. The van der Waals surface area contributed by atoms with Crippen LogP contribution >= 0.6 is 24.0 Å². The second-order valence-electron chi connectivity index (χ2n) is 8.15. The molecule has 0 aliphatic carbocycles. The fourth-order valence-corrected chi connectivity index (χ4v) is 5.40. The molecular formula is C23H24N2OS2. The van der Waals surface area contributed by atoms with Gasteiger partial charge in [-0.2, -0.15) is 0 Å². The molecule has 28 heavy (non-hydrogen) atoms. The molecule has 2 aromatic carbocycles. The number of amides is 1. The van der Waals surface area contributed by atoms with Gasteiger partial charge in [-0.1, -0.05) is 55.2 Å². The number of hydrogen-bond acceptors (Lipinski definition) is 4. The van der Waals surface area contributed by atoms with E-state index in [0.29, 0.717) is 15.1 Å². The Bertz CT molecular complexity index is 981. The number of para-hydroxylation sites is 1. The van der Waals surface area contributed by atoms with Crippen LogP contribution in [-0.4, -0.2) is 22.8 Å². The molecule has 2 aromatic rings. The van der Waals surface area contributed by atoms with Crippen molar-refractivity contribution in [1.82, 2.24) is 0 Å². The van der Waals surface area contributed by atoms with Crippen molar-refractivity contribution < 1.29 is 4.79 Å². The van der Waals surface area contributed by atoms with E-state index in [2.05, 4.69) is 50.9 Å². The molecule has 0 radical (unpaired) electrons. The van der Waals surface area contributed by atoms with Crippen molar-refractivity contribution >= 4 is 51.7 Å². The van der Waals surface area contributed by atoms with E-state index in [1.807, 2.05) is 36.4 Å². The van der Waals surface area contributed by atoms with Crippen molar-refractivity contribution in [2.24, 2.45) is 0 Å². The molecular weight excluding hydrogens is 384 g/mol. The van der Waals surface area contributed by atoms with Crippen molar-refractivity contribution in [3.8, 4) is 0 Å². The Morgan fingerprint density at radius 3 is 2.61 bits per heavy atom. The van der Waals surface area contributed by atoms with Gasteiger partial charge in [-0.15, -0.1) is 0 Å². The van der Waals surface area contributed by atoms with Crippen molar-refractivity contribution in [2.45, 2.75) is 38.6 Å². The molecule has 0 spiro atoms. The number of fused-ring (bicyclic) bond motifs is 1. The van der Waals surface area contributed by atoms with Gasteiger partial charge >= 0.3 is 0 Å². The highest BCUT2D eigenvalue weighted by Gasteiger charge is 2.35. The minimum Gasteiger partial charge on any atom is -0.369 e. The zero-order chi connectivity index (χ0) is 20.1.